The summed E-state index contributed by atoms with van der Waals surface area (Å²) in [4.78, 5) is 0.777. The Bertz CT molecular complexity index is 605. The molecular formula is C10H7BrN4OS. The van der Waals surface area contributed by atoms with Gasteiger partial charge in [-0.25, -0.2) is 0 Å². The Kier molecular flexibility index (Phi) is 2.77. The van der Waals surface area contributed by atoms with Crippen molar-refractivity contribution in [2.45, 2.75) is 6.61 Å². The van der Waals surface area contributed by atoms with Crippen LogP contribution in [0.2, 0.25) is 0 Å². The molecule has 1 aromatic carbocycles. The number of hydrogen-bond donors (Lipinski definition) is 0. The zero-order valence-electron chi connectivity index (χ0n) is 8.58. The molecule has 0 saturated carbocycles. The van der Waals surface area contributed by atoms with E-state index in [0.717, 1.165) is 20.2 Å². The molecule has 0 atom stereocenters. The van der Waals surface area contributed by atoms with Crippen molar-refractivity contribution in [2.24, 2.45) is 0 Å². The second-order valence-corrected chi connectivity index (χ2v) is 5.25. The summed E-state index contributed by atoms with van der Waals surface area (Å²) >= 11 is 4.85. The van der Waals surface area contributed by atoms with Gasteiger partial charge in [0.25, 0.3) is 0 Å². The molecule has 7 heteroatoms. The molecule has 86 valence electrons. The standard InChI is InChI=1S/C10H7BrN4OS/c11-7-1-3-8(4-2-7)16-5-9-14-15-6-12-13-10(15)17-9/h1-4,6H,5H2. The van der Waals surface area contributed by atoms with Gasteiger partial charge in [0.05, 0.1) is 0 Å². The third-order valence-corrected chi connectivity index (χ3v) is 3.52. The van der Waals surface area contributed by atoms with Crippen molar-refractivity contribution in [1.82, 2.24) is 19.8 Å². The monoisotopic (exact) mass is 310 g/mol. The first-order valence-corrected chi connectivity index (χ1v) is 6.46. The van der Waals surface area contributed by atoms with Crippen molar-refractivity contribution in [3.63, 3.8) is 0 Å². The largest absolute Gasteiger partial charge is 0.486 e. The SMILES string of the molecule is Brc1ccc(OCc2nn3cnnc3s2)cc1. The van der Waals surface area contributed by atoms with E-state index in [4.69, 9.17) is 4.74 Å². The molecule has 0 saturated heterocycles. The lowest BCUT2D eigenvalue weighted by molar-refractivity contribution is 0.304. The van der Waals surface area contributed by atoms with E-state index < -0.39 is 0 Å². The number of hydrogen-bond acceptors (Lipinski definition) is 5. The summed E-state index contributed by atoms with van der Waals surface area (Å²) in [5.74, 6) is 0.819. The molecule has 17 heavy (non-hydrogen) atoms. The number of nitrogens with zero attached hydrogens (tertiary/aromatic N) is 4. The van der Waals surface area contributed by atoms with Gasteiger partial charge in [0.2, 0.25) is 4.96 Å². The van der Waals surface area contributed by atoms with Gasteiger partial charge in [-0.15, -0.1) is 10.2 Å². The van der Waals surface area contributed by atoms with Crippen LogP contribution in [0, 0.1) is 0 Å². The molecule has 0 bridgehead atoms. The zero-order valence-corrected chi connectivity index (χ0v) is 11.0. The maximum absolute atomic E-state index is 5.61. The van der Waals surface area contributed by atoms with Crippen LogP contribution in [0.1, 0.15) is 5.01 Å². The molecule has 0 spiro atoms. The van der Waals surface area contributed by atoms with Crippen molar-refractivity contribution in [2.75, 3.05) is 0 Å². The van der Waals surface area contributed by atoms with Crippen molar-refractivity contribution in [3.05, 3.63) is 40.1 Å². The predicted octanol–water partition coefficient (Wildman–Crippen LogP) is 2.53. The summed E-state index contributed by atoms with van der Waals surface area (Å²) in [7, 11) is 0. The average Bonchev–Trinajstić information content (AvgIpc) is 2.88. The molecule has 0 aliphatic carbocycles. The van der Waals surface area contributed by atoms with Gasteiger partial charge in [-0.3, -0.25) is 0 Å². The highest BCUT2D eigenvalue weighted by Gasteiger charge is 2.05. The van der Waals surface area contributed by atoms with Crippen molar-refractivity contribution < 1.29 is 4.74 Å². The Balaban J connectivity index is 1.71. The normalized spacial score (nSPS) is 10.9. The number of aromatic nitrogens is 4. The summed E-state index contributed by atoms with van der Waals surface area (Å²) in [6, 6.07) is 7.69. The maximum Gasteiger partial charge on any atom is 0.234 e. The van der Waals surface area contributed by atoms with E-state index in [0.29, 0.717) is 6.61 Å². The molecule has 0 fully saturated rings. The molecule has 0 unspecified atom stereocenters. The highest BCUT2D eigenvalue weighted by Crippen LogP contribution is 2.18. The van der Waals surface area contributed by atoms with Crippen LogP contribution in [0.15, 0.2) is 35.1 Å². The van der Waals surface area contributed by atoms with Crippen LogP contribution in [-0.2, 0) is 6.61 Å². The van der Waals surface area contributed by atoms with E-state index in [1.165, 1.54) is 11.3 Å². The molecule has 3 rings (SSSR count). The molecule has 5 nitrogen and oxygen atoms in total. The minimum atomic E-state index is 0.440. The number of ether oxygens (including phenoxy) is 1. The predicted molar refractivity (Wildman–Crippen MR) is 67.1 cm³/mol. The van der Waals surface area contributed by atoms with E-state index in [2.05, 4.69) is 31.2 Å². The fourth-order valence-electron chi connectivity index (χ4n) is 1.34. The molecule has 2 heterocycles. The number of halogens is 1. The lowest BCUT2D eigenvalue weighted by atomic mass is 10.3. The number of benzene rings is 1. The highest BCUT2D eigenvalue weighted by molar-refractivity contribution is 9.10. The Hall–Kier alpha value is -1.47. The van der Waals surface area contributed by atoms with E-state index in [1.54, 1.807) is 10.8 Å². The van der Waals surface area contributed by atoms with E-state index in [-0.39, 0.29) is 0 Å². The highest BCUT2D eigenvalue weighted by atomic mass is 79.9. The molecule has 3 aromatic rings. The van der Waals surface area contributed by atoms with E-state index >= 15 is 0 Å². The fraction of sp³-hybridized carbons (Fsp3) is 0.100. The first-order valence-electron chi connectivity index (χ1n) is 4.85. The van der Waals surface area contributed by atoms with Crippen LogP contribution < -0.4 is 4.74 Å². The van der Waals surface area contributed by atoms with Gasteiger partial charge < -0.3 is 4.74 Å². The minimum Gasteiger partial charge on any atom is -0.486 e. The fourth-order valence-corrected chi connectivity index (χ4v) is 2.33. The van der Waals surface area contributed by atoms with Gasteiger partial charge in [-0.1, -0.05) is 27.3 Å². The molecule has 2 aromatic heterocycles. The van der Waals surface area contributed by atoms with Gasteiger partial charge in [0.1, 0.15) is 18.7 Å². The molecule has 0 aliphatic rings. The Labute approximate surface area is 109 Å². The smallest absolute Gasteiger partial charge is 0.234 e. The van der Waals surface area contributed by atoms with E-state index in [9.17, 15) is 0 Å². The van der Waals surface area contributed by atoms with E-state index in [1.807, 2.05) is 24.3 Å². The molecule has 0 radical (unpaired) electrons. The summed E-state index contributed by atoms with van der Waals surface area (Å²) in [6.45, 7) is 0.440. The minimum absolute atomic E-state index is 0.440. The topological polar surface area (TPSA) is 52.3 Å². The summed E-state index contributed by atoms with van der Waals surface area (Å²) in [5, 5.41) is 12.8. The van der Waals surface area contributed by atoms with Crippen molar-refractivity contribution >= 4 is 32.2 Å². The number of rotatable bonds is 3. The molecule has 0 amide bonds. The molecule has 0 aliphatic heterocycles. The van der Waals surface area contributed by atoms with Gasteiger partial charge >= 0.3 is 0 Å². The van der Waals surface area contributed by atoms with Gasteiger partial charge in [0, 0.05) is 4.47 Å². The third-order valence-electron chi connectivity index (χ3n) is 2.10. The molecular weight excluding hydrogens is 304 g/mol. The van der Waals surface area contributed by atoms with Crippen LogP contribution in [-0.4, -0.2) is 19.8 Å². The van der Waals surface area contributed by atoms with Crippen LogP contribution >= 0.6 is 27.3 Å². The van der Waals surface area contributed by atoms with Gasteiger partial charge in [-0.05, 0) is 24.3 Å². The quantitative estimate of drug-likeness (QED) is 0.746. The van der Waals surface area contributed by atoms with Crippen LogP contribution in [0.4, 0.5) is 0 Å². The first-order chi connectivity index (χ1) is 8.31. The maximum atomic E-state index is 5.61. The first kappa shape index (κ1) is 10.7. The van der Waals surface area contributed by atoms with Crippen molar-refractivity contribution in [3.8, 4) is 5.75 Å². The van der Waals surface area contributed by atoms with Crippen LogP contribution in [0.25, 0.3) is 4.96 Å². The van der Waals surface area contributed by atoms with Crippen molar-refractivity contribution in [1.29, 1.82) is 0 Å². The Morgan fingerprint density at radius 1 is 1.29 bits per heavy atom. The molecule has 0 N–H and O–H groups in total. The third kappa shape index (κ3) is 2.29. The van der Waals surface area contributed by atoms with Crippen LogP contribution in [0.3, 0.4) is 0 Å². The lowest BCUT2D eigenvalue weighted by Crippen LogP contribution is -1.95. The lowest BCUT2D eigenvalue weighted by Gasteiger charge is -2.02. The summed E-state index contributed by atoms with van der Waals surface area (Å²) in [5.41, 5.74) is 0. The summed E-state index contributed by atoms with van der Waals surface area (Å²) < 4.78 is 8.29. The number of fused-ring (bicyclic) bond motifs is 1. The Morgan fingerprint density at radius 3 is 2.88 bits per heavy atom. The second-order valence-electron chi connectivity index (χ2n) is 3.30. The summed E-state index contributed by atoms with van der Waals surface area (Å²) in [6.07, 6.45) is 1.58. The van der Waals surface area contributed by atoms with Gasteiger partial charge in [0.15, 0.2) is 5.01 Å². The second kappa shape index (κ2) is 4.42. The average molecular weight is 311 g/mol. The Morgan fingerprint density at radius 2 is 2.12 bits per heavy atom. The zero-order chi connectivity index (χ0) is 11.7. The van der Waals surface area contributed by atoms with Gasteiger partial charge in [-0.2, -0.15) is 9.61 Å². The van der Waals surface area contributed by atoms with Crippen LogP contribution in [0.5, 0.6) is 5.75 Å².